The third-order valence-electron chi connectivity index (χ3n) is 3.55. The summed E-state index contributed by atoms with van der Waals surface area (Å²) in [5.41, 5.74) is 1.73. The summed E-state index contributed by atoms with van der Waals surface area (Å²) in [6, 6.07) is 7.84. The first-order valence-electron chi connectivity index (χ1n) is 6.43. The van der Waals surface area contributed by atoms with Crippen LogP contribution >= 0.6 is 0 Å². The fourth-order valence-corrected chi connectivity index (χ4v) is 2.50. The molecule has 94 valence electrons. The number of carbonyl (C=O) groups excluding carboxylic acids is 1. The van der Waals surface area contributed by atoms with Crippen molar-refractivity contribution in [1.29, 1.82) is 0 Å². The second kappa shape index (κ2) is 5.68. The summed E-state index contributed by atoms with van der Waals surface area (Å²) in [6.07, 6.45) is 3.79. The van der Waals surface area contributed by atoms with Crippen molar-refractivity contribution in [1.82, 2.24) is 5.32 Å². The number of carbonyl (C=O) groups is 1. The van der Waals surface area contributed by atoms with Gasteiger partial charge in [-0.2, -0.15) is 0 Å². The molecule has 1 amide bonds. The smallest absolute Gasteiger partial charge is 0.251 e. The predicted octanol–water partition coefficient (Wildman–Crippen LogP) is 2.96. The second-order valence-electron chi connectivity index (χ2n) is 4.93. The third kappa shape index (κ3) is 2.89. The Morgan fingerprint density at radius 3 is 2.89 bits per heavy atom. The van der Waals surface area contributed by atoms with Gasteiger partial charge in [-0.3, -0.25) is 4.79 Å². The largest absolute Gasteiger partial charge is 0.349 e. The van der Waals surface area contributed by atoms with E-state index in [1.807, 2.05) is 31.2 Å². The van der Waals surface area contributed by atoms with Gasteiger partial charge in [-0.1, -0.05) is 18.2 Å². The van der Waals surface area contributed by atoms with Gasteiger partial charge < -0.3 is 10.2 Å². The van der Waals surface area contributed by atoms with Crippen molar-refractivity contribution in [3.05, 3.63) is 46.8 Å². The number of aryl methyl sites for hydroxylation is 1. The molecule has 3 nitrogen and oxygen atoms in total. The number of nitrogens with one attached hydrogen (secondary N) is 1. The Morgan fingerprint density at radius 2 is 2.17 bits per heavy atom. The topological polar surface area (TPSA) is 33.5 Å². The van der Waals surface area contributed by atoms with Gasteiger partial charge in [0.05, 0.1) is 0 Å². The van der Waals surface area contributed by atoms with Crippen molar-refractivity contribution >= 4 is 5.91 Å². The zero-order chi connectivity index (χ0) is 13.0. The average molecular weight is 242 g/mol. The molecule has 0 aliphatic heterocycles. The summed E-state index contributed by atoms with van der Waals surface area (Å²) < 4.78 is 0. The zero-order valence-electron chi connectivity index (χ0n) is 10.6. The van der Waals surface area contributed by atoms with Crippen molar-refractivity contribution in [3.8, 4) is 0 Å². The Labute approximate surface area is 108 Å². The number of hydrogen-bond donors (Lipinski definition) is 1. The van der Waals surface area contributed by atoms with E-state index in [1.165, 1.54) is 0 Å². The SMILES string of the molecule is [C-]#[N+][C@H]1CCC[C@@H](NC(=O)c2ccccc2C)C1. The first-order valence-corrected chi connectivity index (χ1v) is 6.43. The van der Waals surface area contributed by atoms with Crippen LogP contribution in [-0.2, 0) is 0 Å². The quantitative estimate of drug-likeness (QED) is 0.795. The normalized spacial score (nSPS) is 23.1. The molecule has 0 spiro atoms. The molecule has 0 bridgehead atoms. The molecular weight excluding hydrogens is 224 g/mol. The van der Waals surface area contributed by atoms with Gasteiger partial charge in [0.15, 0.2) is 0 Å². The van der Waals surface area contributed by atoms with Crippen LogP contribution in [0.5, 0.6) is 0 Å². The van der Waals surface area contributed by atoms with Crippen LogP contribution in [0.15, 0.2) is 24.3 Å². The third-order valence-corrected chi connectivity index (χ3v) is 3.55. The Kier molecular flexibility index (Phi) is 3.99. The summed E-state index contributed by atoms with van der Waals surface area (Å²) >= 11 is 0. The Hall–Kier alpha value is -1.82. The van der Waals surface area contributed by atoms with Crippen LogP contribution in [-0.4, -0.2) is 18.0 Å². The molecule has 1 N–H and O–H groups in total. The minimum Gasteiger partial charge on any atom is -0.349 e. The first kappa shape index (κ1) is 12.6. The van der Waals surface area contributed by atoms with Crippen molar-refractivity contribution in [2.45, 2.75) is 44.7 Å². The monoisotopic (exact) mass is 242 g/mol. The molecular formula is C15H18N2O. The fraction of sp³-hybridized carbons (Fsp3) is 0.467. The molecule has 0 unspecified atom stereocenters. The molecule has 1 aromatic rings. The van der Waals surface area contributed by atoms with Crippen molar-refractivity contribution < 1.29 is 4.79 Å². The summed E-state index contributed by atoms with van der Waals surface area (Å²) in [5.74, 6) is -0.0104. The van der Waals surface area contributed by atoms with Crippen LogP contribution in [0.3, 0.4) is 0 Å². The van der Waals surface area contributed by atoms with Crippen LogP contribution in [0.4, 0.5) is 0 Å². The van der Waals surface area contributed by atoms with Gasteiger partial charge in [0, 0.05) is 24.4 Å². The maximum atomic E-state index is 12.1. The minimum absolute atomic E-state index is 0.0104. The molecule has 1 fully saturated rings. The highest BCUT2D eigenvalue weighted by molar-refractivity contribution is 5.95. The fourth-order valence-electron chi connectivity index (χ4n) is 2.50. The molecule has 1 aliphatic carbocycles. The van der Waals surface area contributed by atoms with E-state index in [2.05, 4.69) is 10.2 Å². The number of hydrogen-bond acceptors (Lipinski definition) is 1. The molecule has 1 aliphatic rings. The highest BCUT2D eigenvalue weighted by atomic mass is 16.1. The highest BCUT2D eigenvalue weighted by Gasteiger charge is 2.26. The predicted molar refractivity (Wildman–Crippen MR) is 71.3 cm³/mol. The minimum atomic E-state index is -0.0104. The van der Waals surface area contributed by atoms with E-state index in [-0.39, 0.29) is 18.0 Å². The van der Waals surface area contributed by atoms with E-state index >= 15 is 0 Å². The van der Waals surface area contributed by atoms with Gasteiger partial charge in [-0.15, -0.1) is 0 Å². The number of nitrogens with zero attached hydrogens (tertiary/aromatic N) is 1. The van der Waals surface area contributed by atoms with Gasteiger partial charge >= 0.3 is 0 Å². The van der Waals surface area contributed by atoms with E-state index < -0.39 is 0 Å². The number of amides is 1. The van der Waals surface area contributed by atoms with Gasteiger partial charge in [0.2, 0.25) is 6.04 Å². The van der Waals surface area contributed by atoms with Crippen molar-refractivity contribution in [2.24, 2.45) is 0 Å². The van der Waals surface area contributed by atoms with Crippen LogP contribution in [0.25, 0.3) is 4.85 Å². The molecule has 0 radical (unpaired) electrons. The lowest BCUT2D eigenvalue weighted by Gasteiger charge is -2.24. The van der Waals surface area contributed by atoms with E-state index in [1.54, 1.807) is 0 Å². The van der Waals surface area contributed by atoms with Crippen LogP contribution in [0.1, 0.15) is 41.6 Å². The lowest BCUT2D eigenvalue weighted by atomic mass is 9.91. The molecule has 3 heteroatoms. The van der Waals surface area contributed by atoms with Crippen LogP contribution < -0.4 is 5.32 Å². The Bertz CT molecular complexity index is 476. The van der Waals surface area contributed by atoms with Gasteiger partial charge in [0.25, 0.3) is 5.91 Å². The second-order valence-corrected chi connectivity index (χ2v) is 4.93. The van der Waals surface area contributed by atoms with Crippen molar-refractivity contribution in [2.75, 3.05) is 0 Å². The summed E-state index contributed by atoms with van der Waals surface area (Å²) in [6.45, 7) is 9.02. The molecule has 0 heterocycles. The van der Waals surface area contributed by atoms with E-state index in [0.29, 0.717) is 0 Å². The molecule has 0 saturated heterocycles. The molecule has 0 aromatic heterocycles. The summed E-state index contributed by atoms with van der Waals surface area (Å²) in [5, 5.41) is 3.06. The number of benzene rings is 1. The molecule has 2 rings (SSSR count). The summed E-state index contributed by atoms with van der Waals surface area (Å²) in [7, 11) is 0. The van der Waals surface area contributed by atoms with E-state index in [0.717, 1.165) is 36.8 Å². The molecule has 1 aromatic carbocycles. The maximum absolute atomic E-state index is 12.1. The average Bonchev–Trinajstić information content (AvgIpc) is 2.39. The van der Waals surface area contributed by atoms with Crippen LogP contribution in [0, 0.1) is 13.5 Å². The number of rotatable bonds is 2. The van der Waals surface area contributed by atoms with E-state index in [9.17, 15) is 4.79 Å². The zero-order valence-corrected chi connectivity index (χ0v) is 10.6. The van der Waals surface area contributed by atoms with Gasteiger partial charge in [-0.25, -0.2) is 6.57 Å². The van der Waals surface area contributed by atoms with Gasteiger partial charge in [-0.05, 0) is 31.4 Å². The van der Waals surface area contributed by atoms with E-state index in [4.69, 9.17) is 6.57 Å². The maximum Gasteiger partial charge on any atom is 0.251 e. The molecule has 1 saturated carbocycles. The lowest BCUT2D eigenvalue weighted by Crippen LogP contribution is -2.39. The first-order chi connectivity index (χ1) is 8.70. The summed E-state index contributed by atoms with van der Waals surface area (Å²) in [4.78, 5) is 15.7. The standard InChI is InChI=1S/C15H18N2O/c1-11-6-3-4-9-14(11)15(18)17-13-8-5-7-12(10-13)16-2/h3-4,6,9,12-13H,5,7-8,10H2,1H3,(H,17,18)/t12-,13+/m0/s1. The van der Waals surface area contributed by atoms with Gasteiger partial charge in [0.1, 0.15) is 0 Å². The molecule has 18 heavy (non-hydrogen) atoms. The molecule has 2 atom stereocenters. The van der Waals surface area contributed by atoms with Crippen molar-refractivity contribution in [3.63, 3.8) is 0 Å². The highest BCUT2D eigenvalue weighted by Crippen LogP contribution is 2.21. The van der Waals surface area contributed by atoms with Crippen LogP contribution in [0.2, 0.25) is 0 Å². The Balaban J connectivity index is 2.00. The lowest BCUT2D eigenvalue weighted by molar-refractivity contribution is 0.0926. The Morgan fingerprint density at radius 1 is 1.39 bits per heavy atom.